The van der Waals surface area contributed by atoms with Crippen LogP contribution in [0.2, 0.25) is 0 Å². The normalized spacial score (nSPS) is 12.4. The van der Waals surface area contributed by atoms with Gasteiger partial charge in [0.15, 0.2) is 4.96 Å². The number of nitrogens with one attached hydrogen (secondary N) is 1. The summed E-state index contributed by atoms with van der Waals surface area (Å²) in [5.41, 5.74) is 0.664. The van der Waals surface area contributed by atoms with Crippen LogP contribution in [0.1, 0.15) is 45.2 Å². The van der Waals surface area contributed by atoms with Crippen molar-refractivity contribution in [2.75, 3.05) is 12.3 Å². The van der Waals surface area contributed by atoms with Crippen molar-refractivity contribution >= 4 is 34.0 Å². The molecule has 1 atom stereocenters. The van der Waals surface area contributed by atoms with E-state index < -0.39 is 0 Å². The molecule has 24 heavy (non-hydrogen) atoms. The Morgan fingerprint density at radius 3 is 3.04 bits per heavy atom. The zero-order valence-electron chi connectivity index (χ0n) is 14.3. The molecule has 2 heterocycles. The van der Waals surface area contributed by atoms with Gasteiger partial charge >= 0.3 is 0 Å². The van der Waals surface area contributed by atoms with Gasteiger partial charge in [-0.25, -0.2) is 4.98 Å². The third kappa shape index (κ3) is 5.63. The first-order valence-electron chi connectivity index (χ1n) is 8.44. The molecule has 0 spiro atoms. The molecule has 132 valence electrons. The van der Waals surface area contributed by atoms with Crippen LogP contribution in [0.4, 0.5) is 0 Å². The predicted octanol–water partition coefficient (Wildman–Crippen LogP) is 3.32. The molecular formula is C17H25N3O2S2. The van der Waals surface area contributed by atoms with Crippen LogP contribution in [0.3, 0.4) is 0 Å². The summed E-state index contributed by atoms with van der Waals surface area (Å²) in [7, 11) is 0. The Bertz CT molecular complexity index is 711. The number of hydrogen-bond acceptors (Lipinski definition) is 5. The minimum atomic E-state index is -0.0667. The summed E-state index contributed by atoms with van der Waals surface area (Å²) in [6, 6.07) is 1.54. The molecule has 0 fully saturated rings. The van der Waals surface area contributed by atoms with Gasteiger partial charge in [-0.3, -0.25) is 14.0 Å². The van der Waals surface area contributed by atoms with Crippen LogP contribution in [0, 0.1) is 5.92 Å². The van der Waals surface area contributed by atoms with Gasteiger partial charge in [0.25, 0.3) is 5.56 Å². The fourth-order valence-corrected chi connectivity index (χ4v) is 3.95. The van der Waals surface area contributed by atoms with Gasteiger partial charge in [-0.2, -0.15) is 0 Å². The Morgan fingerprint density at radius 1 is 1.46 bits per heavy atom. The molecule has 0 aliphatic carbocycles. The minimum absolute atomic E-state index is 0.0591. The van der Waals surface area contributed by atoms with E-state index in [0.717, 1.165) is 18.7 Å². The predicted molar refractivity (Wildman–Crippen MR) is 102 cm³/mol. The number of unbranched alkanes of at least 4 members (excludes halogenated alkanes) is 1. The lowest BCUT2D eigenvalue weighted by Gasteiger charge is -2.15. The third-order valence-electron chi connectivity index (χ3n) is 3.97. The number of nitrogens with zero attached hydrogens (tertiary/aromatic N) is 2. The van der Waals surface area contributed by atoms with E-state index in [1.165, 1.54) is 46.8 Å². The Balaban J connectivity index is 1.74. The number of hydrogen-bond donors (Lipinski definition) is 1. The molecule has 0 aliphatic rings. The zero-order valence-corrected chi connectivity index (χ0v) is 15.9. The van der Waals surface area contributed by atoms with Gasteiger partial charge in [0.2, 0.25) is 5.91 Å². The van der Waals surface area contributed by atoms with Gasteiger partial charge in [0.1, 0.15) is 0 Å². The number of carbonyl (C=O) groups excluding carboxylic acids is 1. The number of rotatable bonds is 10. The van der Waals surface area contributed by atoms with Crippen molar-refractivity contribution in [3.05, 3.63) is 33.7 Å². The van der Waals surface area contributed by atoms with E-state index in [2.05, 4.69) is 24.1 Å². The first-order chi connectivity index (χ1) is 11.6. The lowest BCUT2D eigenvalue weighted by Crippen LogP contribution is -2.30. The molecule has 7 heteroatoms. The average Bonchev–Trinajstić information content (AvgIpc) is 3.04. The summed E-state index contributed by atoms with van der Waals surface area (Å²) in [6.07, 6.45) is 6.41. The Hall–Kier alpha value is -1.34. The molecule has 0 saturated heterocycles. The van der Waals surface area contributed by atoms with Crippen molar-refractivity contribution in [3.63, 3.8) is 0 Å². The first kappa shape index (κ1) is 19.0. The molecule has 0 radical (unpaired) electrons. The van der Waals surface area contributed by atoms with Crippen molar-refractivity contribution < 1.29 is 4.79 Å². The number of thiazole rings is 1. The fraction of sp³-hybridized carbons (Fsp3) is 0.588. The van der Waals surface area contributed by atoms with Crippen LogP contribution in [-0.4, -0.2) is 27.6 Å². The third-order valence-corrected chi connectivity index (χ3v) is 5.69. The maximum atomic E-state index is 11.9. The molecule has 1 amide bonds. The van der Waals surface area contributed by atoms with E-state index in [1.807, 2.05) is 5.38 Å². The second-order valence-electron chi connectivity index (χ2n) is 5.85. The standard InChI is InChI=1S/C17H25N3O2S2/c1-3-5-6-13(4-2)10-18-15(21)12-23-11-14-9-16(22)20-7-8-24-17(20)19-14/h7-9,13H,3-6,10-12H2,1-2H3,(H,18,21). The van der Waals surface area contributed by atoms with Crippen molar-refractivity contribution in [1.82, 2.24) is 14.7 Å². The van der Waals surface area contributed by atoms with Crippen LogP contribution >= 0.6 is 23.1 Å². The highest BCUT2D eigenvalue weighted by molar-refractivity contribution is 7.99. The van der Waals surface area contributed by atoms with Crippen LogP contribution in [0.25, 0.3) is 4.96 Å². The summed E-state index contributed by atoms with van der Waals surface area (Å²) < 4.78 is 1.53. The van der Waals surface area contributed by atoms with Crippen molar-refractivity contribution in [1.29, 1.82) is 0 Å². The van der Waals surface area contributed by atoms with E-state index in [9.17, 15) is 9.59 Å². The number of fused-ring (bicyclic) bond motifs is 1. The SMILES string of the molecule is CCCCC(CC)CNC(=O)CSCc1cc(=O)n2ccsc2n1. The van der Waals surface area contributed by atoms with Crippen LogP contribution in [0.15, 0.2) is 22.4 Å². The first-order valence-corrected chi connectivity index (χ1v) is 10.5. The second-order valence-corrected chi connectivity index (χ2v) is 7.71. The molecule has 0 bridgehead atoms. The molecule has 2 aromatic rings. The Morgan fingerprint density at radius 2 is 2.29 bits per heavy atom. The average molecular weight is 368 g/mol. The highest BCUT2D eigenvalue weighted by Gasteiger charge is 2.09. The monoisotopic (exact) mass is 367 g/mol. The molecule has 1 N–H and O–H groups in total. The van der Waals surface area contributed by atoms with E-state index in [0.29, 0.717) is 22.4 Å². The summed E-state index contributed by atoms with van der Waals surface area (Å²) >= 11 is 2.93. The fourth-order valence-electron chi connectivity index (χ4n) is 2.46. The molecule has 2 rings (SSSR count). The topological polar surface area (TPSA) is 63.5 Å². The highest BCUT2D eigenvalue weighted by Crippen LogP contribution is 2.13. The lowest BCUT2D eigenvalue weighted by atomic mass is 9.99. The largest absolute Gasteiger partial charge is 0.355 e. The van der Waals surface area contributed by atoms with Gasteiger partial charge in [-0.1, -0.05) is 33.1 Å². The van der Waals surface area contributed by atoms with E-state index in [1.54, 1.807) is 12.3 Å². The molecule has 5 nitrogen and oxygen atoms in total. The molecule has 0 aromatic carbocycles. The maximum Gasteiger partial charge on any atom is 0.258 e. The number of amides is 1. The van der Waals surface area contributed by atoms with Gasteiger partial charge < -0.3 is 5.32 Å². The second kappa shape index (κ2) is 9.84. The highest BCUT2D eigenvalue weighted by atomic mass is 32.2. The summed E-state index contributed by atoms with van der Waals surface area (Å²) in [6.45, 7) is 5.12. The van der Waals surface area contributed by atoms with Gasteiger partial charge in [-0.15, -0.1) is 23.1 Å². The number of carbonyl (C=O) groups is 1. The summed E-state index contributed by atoms with van der Waals surface area (Å²) in [4.78, 5) is 29.0. The van der Waals surface area contributed by atoms with E-state index in [4.69, 9.17) is 0 Å². The lowest BCUT2D eigenvalue weighted by molar-refractivity contribution is -0.118. The molecule has 0 aliphatic heterocycles. The van der Waals surface area contributed by atoms with E-state index >= 15 is 0 Å². The van der Waals surface area contributed by atoms with Crippen molar-refractivity contribution in [2.45, 2.75) is 45.3 Å². The van der Waals surface area contributed by atoms with Crippen LogP contribution in [0.5, 0.6) is 0 Å². The number of thioether (sulfide) groups is 1. The summed E-state index contributed by atoms with van der Waals surface area (Å²) in [5.74, 6) is 1.60. The molecule has 1 unspecified atom stereocenters. The molecular weight excluding hydrogens is 342 g/mol. The Kier molecular flexibility index (Phi) is 7.78. The smallest absolute Gasteiger partial charge is 0.258 e. The number of aromatic nitrogens is 2. The van der Waals surface area contributed by atoms with Crippen LogP contribution < -0.4 is 10.9 Å². The van der Waals surface area contributed by atoms with Gasteiger partial charge in [0, 0.05) is 29.9 Å². The van der Waals surface area contributed by atoms with Crippen molar-refractivity contribution in [2.24, 2.45) is 5.92 Å². The van der Waals surface area contributed by atoms with E-state index in [-0.39, 0.29) is 11.5 Å². The van der Waals surface area contributed by atoms with Crippen molar-refractivity contribution in [3.8, 4) is 0 Å². The maximum absolute atomic E-state index is 11.9. The Labute approximate surface area is 150 Å². The van der Waals surface area contributed by atoms with Gasteiger partial charge in [-0.05, 0) is 12.3 Å². The zero-order chi connectivity index (χ0) is 17.4. The molecule has 0 saturated carbocycles. The minimum Gasteiger partial charge on any atom is -0.355 e. The van der Waals surface area contributed by atoms with Crippen LogP contribution in [-0.2, 0) is 10.5 Å². The molecule has 2 aromatic heterocycles. The quantitative estimate of drug-likeness (QED) is 0.700. The summed E-state index contributed by atoms with van der Waals surface area (Å²) in [5, 5.41) is 4.87. The van der Waals surface area contributed by atoms with Gasteiger partial charge in [0.05, 0.1) is 11.4 Å².